The highest BCUT2D eigenvalue weighted by molar-refractivity contribution is 5.96. The van der Waals surface area contributed by atoms with Gasteiger partial charge in [-0.25, -0.2) is 9.50 Å². The van der Waals surface area contributed by atoms with E-state index in [4.69, 9.17) is 5.10 Å². The maximum Gasteiger partial charge on any atom is 0.154 e. The number of aryl methyl sites for hydroxylation is 2. The van der Waals surface area contributed by atoms with E-state index in [1.807, 2.05) is 22.8 Å². The van der Waals surface area contributed by atoms with E-state index >= 15 is 0 Å². The third-order valence-electron chi connectivity index (χ3n) is 5.21. The Bertz CT molecular complexity index is 1310. The molecule has 4 heteroatoms. The van der Waals surface area contributed by atoms with Gasteiger partial charge < -0.3 is 5.32 Å². The van der Waals surface area contributed by atoms with E-state index in [1.165, 1.54) is 21.9 Å². The maximum atomic E-state index is 4.81. The SMILES string of the molecule is Cc1ccc(Nc2ccc3ncc(-c4cccc5ccccc45)n3n2)cc1C. The van der Waals surface area contributed by atoms with Gasteiger partial charge >= 0.3 is 0 Å². The van der Waals surface area contributed by atoms with Crippen molar-refractivity contribution in [2.45, 2.75) is 13.8 Å². The van der Waals surface area contributed by atoms with Gasteiger partial charge in [0.1, 0.15) is 0 Å². The van der Waals surface area contributed by atoms with Crippen molar-refractivity contribution >= 4 is 27.9 Å². The first-order valence-corrected chi connectivity index (χ1v) is 9.36. The largest absolute Gasteiger partial charge is 0.339 e. The summed E-state index contributed by atoms with van der Waals surface area (Å²) in [5, 5.41) is 10.6. The predicted octanol–water partition coefficient (Wildman–Crippen LogP) is 5.91. The fourth-order valence-electron chi connectivity index (χ4n) is 3.54. The lowest BCUT2D eigenvalue weighted by Crippen LogP contribution is -2.00. The Morgan fingerprint density at radius 1 is 0.821 bits per heavy atom. The first-order valence-electron chi connectivity index (χ1n) is 9.36. The van der Waals surface area contributed by atoms with Gasteiger partial charge in [-0.05, 0) is 60.0 Å². The molecule has 5 aromatic rings. The molecule has 0 amide bonds. The van der Waals surface area contributed by atoms with Gasteiger partial charge in [0, 0.05) is 11.3 Å². The minimum atomic E-state index is 0.787. The third-order valence-corrected chi connectivity index (χ3v) is 5.21. The normalized spacial score (nSPS) is 11.2. The van der Waals surface area contributed by atoms with Crippen LogP contribution in [0.4, 0.5) is 11.5 Å². The summed E-state index contributed by atoms with van der Waals surface area (Å²) >= 11 is 0. The van der Waals surface area contributed by atoms with E-state index in [0.717, 1.165) is 28.4 Å². The molecule has 0 unspecified atom stereocenters. The monoisotopic (exact) mass is 364 g/mol. The van der Waals surface area contributed by atoms with Crippen molar-refractivity contribution in [1.29, 1.82) is 0 Å². The molecule has 0 atom stereocenters. The lowest BCUT2D eigenvalue weighted by Gasteiger charge is -2.10. The summed E-state index contributed by atoms with van der Waals surface area (Å²) in [6, 6.07) is 25.0. The van der Waals surface area contributed by atoms with Crippen LogP contribution in [-0.4, -0.2) is 14.6 Å². The summed E-state index contributed by atoms with van der Waals surface area (Å²) < 4.78 is 1.91. The van der Waals surface area contributed by atoms with Crippen LogP contribution in [0, 0.1) is 13.8 Å². The lowest BCUT2D eigenvalue weighted by molar-refractivity contribution is 0.949. The van der Waals surface area contributed by atoms with E-state index in [2.05, 4.69) is 84.8 Å². The van der Waals surface area contributed by atoms with E-state index in [1.54, 1.807) is 0 Å². The van der Waals surface area contributed by atoms with Gasteiger partial charge in [-0.1, -0.05) is 48.5 Å². The zero-order chi connectivity index (χ0) is 19.1. The quantitative estimate of drug-likeness (QED) is 0.433. The average molecular weight is 364 g/mol. The highest BCUT2D eigenvalue weighted by atomic mass is 15.3. The molecule has 0 saturated heterocycles. The van der Waals surface area contributed by atoms with Crippen LogP contribution < -0.4 is 5.32 Å². The average Bonchev–Trinajstić information content (AvgIpc) is 3.13. The Morgan fingerprint density at radius 2 is 1.68 bits per heavy atom. The molecular formula is C24H20N4. The molecule has 0 radical (unpaired) electrons. The summed E-state index contributed by atoms with van der Waals surface area (Å²) in [5.74, 6) is 0.787. The molecule has 4 nitrogen and oxygen atoms in total. The summed E-state index contributed by atoms with van der Waals surface area (Å²) in [4.78, 5) is 4.55. The van der Waals surface area contributed by atoms with Gasteiger partial charge in [-0.15, -0.1) is 5.10 Å². The van der Waals surface area contributed by atoms with Crippen molar-refractivity contribution < 1.29 is 0 Å². The van der Waals surface area contributed by atoms with Crippen LogP contribution in [-0.2, 0) is 0 Å². The van der Waals surface area contributed by atoms with E-state index in [9.17, 15) is 0 Å². The van der Waals surface area contributed by atoms with Crippen LogP contribution >= 0.6 is 0 Å². The van der Waals surface area contributed by atoms with Crippen LogP contribution in [0.3, 0.4) is 0 Å². The molecule has 0 bridgehead atoms. The third kappa shape index (κ3) is 2.79. The zero-order valence-corrected chi connectivity index (χ0v) is 15.8. The molecule has 0 fully saturated rings. The van der Waals surface area contributed by atoms with Crippen molar-refractivity contribution in [2.75, 3.05) is 5.32 Å². The number of hydrogen-bond acceptors (Lipinski definition) is 3. The molecule has 0 spiro atoms. The molecule has 5 rings (SSSR count). The first-order chi connectivity index (χ1) is 13.7. The smallest absolute Gasteiger partial charge is 0.154 e. The Morgan fingerprint density at radius 3 is 2.57 bits per heavy atom. The summed E-state index contributed by atoms with van der Waals surface area (Å²) in [5.41, 5.74) is 6.50. The van der Waals surface area contributed by atoms with Gasteiger partial charge in [0.15, 0.2) is 11.5 Å². The van der Waals surface area contributed by atoms with E-state index in [0.29, 0.717) is 0 Å². The van der Waals surface area contributed by atoms with Crippen LogP contribution in [0.1, 0.15) is 11.1 Å². The van der Waals surface area contributed by atoms with Crippen molar-refractivity contribution in [3.63, 3.8) is 0 Å². The second-order valence-corrected chi connectivity index (χ2v) is 7.08. The Hall–Kier alpha value is -3.66. The molecule has 28 heavy (non-hydrogen) atoms. The number of nitrogens with one attached hydrogen (secondary N) is 1. The minimum Gasteiger partial charge on any atom is -0.339 e. The number of benzene rings is 3. The highest BCUT2D eigenvalue weighted by Crippen LogP contribution is 2.29. The number of fused-ring (bicyclic) bond motifs is 2. The second kappa shape index (κ2) is 6.50. The number of hydrogen-bond donors (Lipinski definition) is 1. The first kappa shape index (κ1) is 16.5. The molecule has 2 heterocycles. The van der Waals surface area contributed by atoms with Gasteiger partial charge in [0.25, 0.3) is 0 Å². The second-order valence-electron chi connectivity index (χ2n) is 7.08. The van der Waals surface area contributed by atoms with Crippen LogP contribution in [0.15, 0.2) is 79.0 Å². The maximum absolute atomic E-state index is 4.81. The molecule has 3 aromatic carbocycles. The van der Waals surface area contributed by atoms with Crippen LogP contribution in [0.25, 0.3) is 27.7 Å². The van der Waals surface area contributed by atoms with Crippen molar-refractivity contribution in [3.05, 3.63) is 90.1 Å². The zero-order valence-electron chi connectivity index (χ0n) is 15.8. The fourth-order valence-corrected chi connectivity index (χ4v) is 3.54. The molecular weight excluding hydrogens is 344 g/mol. The van der Waals surface area contributed by atoms with Gasteiger partial charge in [-0.3, -0.25) is 0 Å². The lowest BCUT2D eigenvalue weighted by atomic mass is 10.0. The topological polar surface area (TPSA) is 42.2 Å². The number of imidazole rings is 1. The summed E-state index contributed by atoms with van der Waals surface area (Å²) in [6.45, 7) is 4.23. The molecule has 2 aromatic heterocycles. The van der Waals surface area contributed by atoms with Gasteiger partial charge in [0.2, 0.25) is 0 Å². The van der Waals surface area contributed by atoms with Crippen molar-refractivity contribution in [3.8, 4) is 11.3 Å². The van der Waals surface area contributed by atoms with Gasteiger partial charge in [-0.2, -0.15) is 0 Å². The van der Waals surface area contributed by atoms with E-state index < -0.39 is 0 Å². The molecule has 136 valence electrons. The van der Waals surface area contributed by atoms with E-state index in [-0.39, 0.29) is 0 Å². The van der Waals surface area contributed by atoms with Crippen LogP contribution in [0.2, 0.25) is 0 Å². The Balaban J connectivity index is 1.61. The highest BCUT2D eigenvalue weighted by Gasteiger charge is 2.11. The number of anilines is 2. The van der Waals surface area contributed by atoms with Crippen molar-refractivity contribution in [1.82, 2.24) is 14.6 Å². The molecule has 1 N–H and O–H groups in total. The number of rotatable bonds is 3. The minimum absolute atomic E-state index is 0.787. The standard InChI is InChI=1S/C24H20N4/c1-16-10-11-19(14-17(16)2)26-23-12-13-24-25-15-22(28(24)27-23)21-9-5-7-18-6-3-4-8-20(18)21/h3-15H,1-2H3,(H,26,27). The number of aromatic nitrogens is 3. The predicted molar refractivity (Wildman–Crippen MR) is 115 cm³/mol. The summed E-state index contributed by atoms with van der Waals surface area (Å²) in [7, 11) is 0. The fraction of sp³-hybridized carbons (Fsp3) is 0.0833. The molecule has 0 aliphatic carbocycles. The molecule has 0 aliphatic rings. The van der Waals surface area contributed by atoms with Gasteiger partial charge in [0.05, 0.1) is 11.9 Å². The Kier molecular flexibility index (Phi) is 3.83. The van der Waals surface area contributed by atoms with Crippen molar-refractivity contribution in [2.24, 2.45) is 0 Å². The molecule has 0 saturated carbocycles. The summed E-state index contributed by atoms with van der Waals surface area (Å²) in [6.07, 6.45) is 1.89. The number of nitrogens with zero attached hydrogens (tertiary/aromatic N) is 3. The van der Waals surface area contributed by atoms with Crippen LogP contribution in [0.5, 0.6) is 0 Å². The Labute approximate surface area is 163 Å². The molecule has 0 aliphatic heterocycles.